The van der Waals surface area contributed by atoms with Crippen LogP contribution in [0.5, 0.6) is 0 Å². The SMILES string of the molecule is C[C@@H](O)[C@H](N)c1cncc(C#N)c1. The van der Waals surface area contributed by atoms with Gasteiger partial charge in [-0.25, -0.2) is 0 Å². The molecule has 3 N–H and O–H groups in total. The van der Waals surface area contributed by atoms with Gasteiger partial charge in [-0.2, -0.15) is 5.26 Å². The largest absolute Gasteiger partial charge is 0.391 e. The lowest BCUT2D eigenvalue weighted by atomic mass is 10.0. The van der Waals surface area contributed by atoms with Crippen LogP contribution in [0.1, 0.15) is 24.1 Å². The number of nitrogens with zero attached hydrogens (tertiary/aromatic N) is 2. The third-order valence-electron chi connectivity index (χ3n) is 1.79. The first-order valence-corrected chi connectivity index (χ1v) is 3.94. The van der Waals surface area contributed by atoms with Gasteiger partial charge in [0, 0.05) is 12.4 Å². The van der Waals surface area contributed by atoms with Crippen LogP contribution in [0.3, 0.4) is 0 Å². The van der Waals surface area contributed by atoms with Crippen molar-refractivity contribution in [2.75, 3.05) is 0 Å². The maximum atomic E-state index is 9.20. The van der Waals surface area contributed by atoms with Crippen LogP contribution in [0.2, 0.25) is 0 Å². The van der Waals surface area contributed by atoms with Crippen molar-refractivity contribution in [3.05, 3.63) is 29.6 Å². The minimum Gasteiger partial charge on any atom is -0.391 e. The van der Waals surface area contributed by atoms with E-state index in [9.17, 15) is 5.11 Å². The molecule has 68 valence electrons. The highest BCUT2D eigenvalue weighted by molar-refractivity contribution is 5.30. The summed E-state index contributed by atoms with van der Waals surface area (Å²) in [4.78, 5) is 3.85. The van der Waals surface area contributed by atoms with E-state index in [0.29, 0.717) is 11.1 Å². The Bertz CT molecular complexity index is 330. The van der Waals surface area contributed by atoms with Gasteiger partial charge in [-0.1, -0.05) is 0 Å². The van der Waals surface area contributed by atoms with E-state index < -0.39 is 12.1 Å². The van der Waals surface area contributed by atoms with E-state index in [2.05, 4.69) is 4.98 Å². The van der Waals surface area contributed by atoms with Crippen LogP contribution in [-0.4, -0.2) is 16.2 Å². The van der Waals surface area contributed by atoms with Gasteiger partial charge < -0.3 is 10.8 Å². The van der Waals surface area contributed by atoms with Gasteiger partial charge in [-0.05, 0) is 18.6 Å². The van der Waals surface area contributed by atoms with Crippen LogP contribution >= 0.6 is 0 Å². The number of nitriles is 1. The van der Waals surface area contributed by atoms with Crippen molar-refractivity contribution in [1.29, 1.82) is 5.26 Å². The van der Waals surface area contributed by atoms with Gasteiger partial charge in [0.05, 0.1) is 17.7 Å². The number of aliphatic hydroxyl groups excluding tert-OH is 1. The third kappa shape index (κ3) is 2.25. The zero-order valence-electron chi connectivity index (χ0n) is 7.31. The molecule has 0 spiro atoms. The predicted octanol–water partition coefficient (Wildman–Crippen LogP) is 0.334. The normalized spacial score (nSPS) is 14.6. The van der Waals surface area contributed by atoms with Crippen molar-refractivity contribution >= 4 is 0 Å². The monoisotopic (exact) mass is 177 g/mol. The number of rotatable bonds is 2. The molecule has 0 radical (unpaired) electrons. The molecular formula is C9H11N3O. The second-order valence-electron chi connectivity index (χ2n) is 2.89. The smallest absolute Gasteiger partial charge is 0.101 e. The highest BCUT2D eigenvalue weighted by atomic mass is 16.3. The lowest BCUT2D eigenvalue weighted by Crippen LogP contribution is -2.23. The number of aliphatic hydroxyl groups is 1. The average Bonchev–Trinajstić information content (AvgIpc) is 2.16. The van der Waals surface area contributed by atoms with E-state index in [-0.39, 0.29) is 0 Å². The van der Waals surface area contributed by atoms with Gasteiger partial charge in [0.1, 0.15) is 6.07 Å². The van der Waals surface area contributed by atoms with E-state index in [0.717, 1.165) is 0 Å². The Morgan fingerprint density at radius 3 is 2.85 bits per heavy atom. The molecular weight excluding hydrogens is 166 g/mol. The minimum atomic E-state index is -0.643. The van der Waals surface area contributed by atoms with Crippen LogP contribution < -0.4 is 5.73 Å². The standard InChI is InChI=1S/C9H11N3O/c1-6(13)9(11)8-2-7(3-10)4-12-5-8/h2,4-6,9,13H,11H2,1H3/t6-,9+/m1/s1. The Labute approximate surface area is 76.6 Å². The third-order valence-corrected chi connectivity index (χ3v) is 1.79. The maximum absolute atomic E-state index is 9.20. The molecule has 0 bridgehead atoms. The molecule has 0 fully saturated rings. The van der Waals surface area contributed by atoms with Crippen LogP contribution in [0, 0.1) is 11.3 Å². The fourth-order valence-corrected chi connectivity index (χ4v) is 0.980. The van der Waals surface area contributed by atoms with Gasteiger partial charge in [0.15, 0.2) is 0 Å². The summed E-state index contributed by atoms with van der Waals surface area (Å²) in [6, 6.07) is 3.11. The molecule has 2 atom stereocenters. The molecule has 13 heavy (non-hydrogen) atoms. The molecule has 0 unspecified atom stereocenters. The van der Waals surface area contributed by atoms with E-state index in [1.807, 2.05) is 6.07 Å². The van der Waals surface area contributed by atoms with E-state index in [1.165, 1.54) is 6.20 Å². The summed E-state index contributed by atoms with van der Waals surface area (Å²) in [5.41, 5.74) is 6.79. The quantitative estimate of drug-likeness (QED) is 0.682. The van der Waals surface area contributed by atoms with Crippen LogP contribution in [0.4, 0.5) is 0 Å². The fraction of sp³-hybridized carbons (Fsp3) is 0.333. The second-order valence-corrected chi connectivity index (χ2v) is 2.89. The zero-order chi connectivity index (χ0) is 9.84. The Morgan fingerprint density at radius 1 is 1.62 bits per heavy atom. The van der Waals surface area contributed by atoms with Crippen molar-refractivity contribution in [3.8, 4) is 6.07 Å². The van der Waals surface area contributed by atoms with Crippen molar-refractivity contribution in [3.63, 3.8) is 0 Å². The molecule has 0 saturated carbocycles. The van der Waals surface area contributed by atoms with E-state index in [1.54, 1.807) is 19.2 Å². The predicted molar refractivity (Wildman–Crippen MR) is 47.6 cm³/mol. The Morgan fingerprint density at radius 2 is 2.31 bits per heavy atom. The molecule has 0 amide bonds. The molecule has 1 heterocycles. The van der Waals surface area contributed by atoms with E-state index >= 15 is 0 Å². The summed E-state index contributed by atoms with van der Waals surface area (Å²) >= 11 is 0. The lowest BCUT2D eigenvalue weighted by Gasteiger charge is -2.14. The summed E-state index contributed by atoms with van der Waals surface area (Å²) < 4.78 is 0. The van der Waals surface area contributed by atoms with Crippen LogP contribution in [0.25, 0.3) is 0 Å². The van der Waals surface area contributed by atoms with Crippen LogP contribution in [-0.2, 0) is 0 Å². The van der Waals surface area contributed by atoms with E-state index in [4.69, 9.17) is 11.0 Å². The molecule has 0 aromatic carbocycles. The molecule has 0 aliphatic rings. The van der Waals surface area contributed by atoms with Crippen molar-refractivity contribution < 1.29 is 5.11 Å². The number of pyridine rings is 1. The molecule has 0 aliphatic heterocycles. The number of aromatic nitrogens is 1. The number of hydrogen-bond donors (Lipinski definition) is 2. The number of hydrogen-bond acceptors (Lipinski definition) is 4. The summed E-state index contributed by atoms with van der Waals surface area (Å²) in [6.45, 7) is 1.60. The average molecular weight is 177 g/mol. The lowest BCUT2D eigenvalue weighted by molar-refractivity contribution is 0.164. The second kappa shape index (κ2) is 3.99. The number of nitrogens with two attached hydrogens (primary N) is 1. The highest BCUT2D eigenvalue weighted by Crippen LogP contribution is 2.13. The fourth-order valence-electron chi connectivity index (χ4n) is 0.980. The van der Waals surface area contributed by atoms with Crippen LogP contribution in [0.15, 0.2) is 18.5 Å². The van der Waals surface area contributed by atoms with Gasteiger partial charge in [-0.15, -0.1) is 0 Å². The molecule has 1 aromatic rings. The molecule has 0 aliphatic carbocycles. The van der Waals surface area contributed by atoms with Gasteiger partial charge >= 0.3 is 0 Å². The summed E-state index contributed by atoms with van der Waals surface area (Å²) in [5, 5.41) is 17.8. The summed E-state index contributed by atoms with van der Waals surface area (Å²) in [7, 11) is 0. The summed E-state index contributed by atoms with van der Waals surface area (Å²) in [5.74, 6) is 0. The Hall–Kier alpha value is -1.44. The topological polar surface area (TPSA) is 82.9 Å². The Balaban J connectivity index is 2.96. The van der Waals surface area contributed by atoms with Gasteiger partial charge in [0.25, 0.3) is 0 Å². The van der Waals surface area contributed by atoms with Crippen molar-refractivity contribution in [2.24, 2.45) is 5.73 Å². The minimum absolute atomic E-state index is 0.452. The highest BCUT2D eigenvalue weighted by Gasteiger charge is 2.12. The van der Waals surface area contributed by atoms with Crippen molar-refractivity contribution in [1.82, 2.24) is 4.98 Å². The van der Waals surface area contributed by atoms with Gasteiger partial charge in [-0.3, -0.25) is 4.98 Å². The molecule has 4 heteroatoms. The first-order valence-electron chi connectivity index (χ1n) is 3.94. The zero-order valence-corrected chi connectivity index (χ0v) is 7.31. The molecule has 1 aromatic heterocycles. The molecule has 1 rings (SSSR count). The molecule has 0 saturated heterocycles. The van der Waals surface area contributed by atoms with Crippen molar-refractivity contribution in [2.45, 2.75) is 19.1 Å². The molecule has 4 nitrogen and oxygen atoms in total. The summed E-state index contributed by atoms with van der Waals surface area (Å²) in [6.07, 6.45) is 2.37. The first-order chi connectivity index (χ1) is 6.15. The Kier molecular flexibility index (Phi) is 2.96. The van der Waals surface area contributed by atoms with Gasteiger partial charge in [0.2, 0.25) is 0 Å². The first kappa shape index (κ1) is 9.65. The maximum Gasteiger partial charge on any atom is 0.101 e.